The molecule has 1 heterocycles. The Bertz CT molecular complexity index is 881. The number of nitrogens with zero attached hydrogens (tertiary/aromatic N) is 1. The van der Waals surface area contributed by atoms with Gasteiger partial charge < -0.3 is 10.1 Å². The Morgan fingerprint density at radius 1 is 1.12 bits per heavy atom. The first-order valence-electron chi connectivity index (χ1n) is 8.03. The third-order valence-corrected chi connectivity index (χ3v) is 4.32. The van der Waals surface area contributed by atoms with Gasteiger partial charge in [0.2, 0.25) is 12.8 Å². The number of carbonyl (C=O) groups is 2. The zero-order valence-electron chi connectivity index (χ0n) is 15.0. The van der Waals surface area contributed by atoms with Crippen molar-refractivity contribution in [2.45, 2.75) is 20.4 Å². The number of halogens is 1. The Hall–Kier alpha value is -2.79. The average molecular weight is 373 g/mol. The Labute approximate surface area is 157 Å². The van der Waals surface area contributed by atoms with Crippen molar-refractivity contribution in [1.29, 1.82) is 0 Å². The van der Waals surface area contributed by atoms with Crippen molar-refractivity contribution in [3.8, 4) is 5.75 Å². The summed E-state index contributed by atoms with van der Waals surface area (Å²) in [7, 11) is 1.59. The van der Waals surface area contributed by atoms with E-state index < -0.39 is 0 Å². The van der Waals surface area contributed by atoms with Crippen LogP contribution in [0.1, 0.15) is 16.8 Å². The average Bonchev–Trinajstić information content (AvgIpc) is 2.92. The van der Waals surface area contributed by atoms with Gasteiger partial charge in [-0.05, 0) is 44.2 Å². The predicted molar refractivity (Wildman–Crippen MR) is 104 cm³/mol. The molecule has 0 aliphatic rings. The van der Waals surface area contributed by atoms with E-state index in [0.717, 1.165) is 39.3 Å². The summed E-state index contributed by atoms with van der Waals surface area (Å²) in [5, 5.41) is 4.33. The van der Waals surface area contributed by atoms with Gasteiger partial charge in [0.1, 0.15) is 5.75 Å². The van der Waals surface area contributed by atoms with Gasteiger partial charge in [0.15, 0.2) is 0 Å². The highest BCUT2D eigenvalue weighted by Crippen LogP contribution is 2.28. The van der Waals surface area contributed by atoms with Gasteiger partial charge in [-0.25, -0.2) is 0 Å². The molecular weight excluding hydrogens is 352 g/mol. The molecule has 0 radical (unpaired) electrons. The van der Waals surface area contributed by atoms with Gasteiger partial charge in [-0.3, -0.25) is 14.2 Å². The van der Waals surface area contributed by atoms with Gasteiger partial charge in [0, 0.05) is 28.2 Å². The SMILES string of the molecule is COc1ccc2c(c1)c(CNC=O)c(C)n2C=O.Cc1ccc(Cl)cc1. The van der Waals surface area contributed by atoms with E-state index in [4.69, 9.17) is 16.3 Å². The molecule has 1 N–H and O–H groups in total. The fourth-order valence-electron chi connectivity index (χ4n) is 2.65. The second-order valence-corrected chi connectivity index (χ2v) is 6.15. The van der Waals surface area contributed by atoms with Crippen LogP contribution in [0.3, 0.4) is 0 Å². The number of amides is 1. The zero-order chi connectivity index (χ0) is 19.1. The van der Waals surface area contributed by atoms with Crippen molar-refractivity contribution in [2.75, 3.05) is 7.11 Å². The van der Waals surface area contributed by atoms with E-state index >= 15 is 0 Å². The molecule has 6 heteroatoms. The first kappa shape index (κ1) is 19.5. The van der Waals surface area contributed by atoms with E-state index in [1.807, 2.05) is 50.2 Å². The van der Waals surface area contributed by atoms with E-state index in [1.165, 1.54) is 5.56 Å². The zero-order valence-corrected chi connectivity index (χ0v) is 15.7. The number of fused-ring (bicyclic) bond motifs is 1. The van der Waals surface area contributed by atoms with Crippen LogP contribution in [0.5, 0.6) is 5.75 Å². The lowest BCUT2D eigenvalue weighted by Crippen LogP contribution is -2.10. The molecule has 0 unspecified atom stereocenters. The van der Waals surface area contributed by atoms with Crippen LogP contribution in [0.2, 0.25) is 5.02 Å². The first-order valence-corrected chi connectivity index (χ1v) is 8.41. The van der Waals surface area contributed by atoms with Crippen molar-refractivity contribution in [3.63, 3.8) is 0 Å². The number of hydrogen-bond acceptors (Lipinski definition) is 3. The second-order valence-electron chi connectivity index (χ2n) is 5.72. The molecule has 0 bridgehead atoms. The molecule has 3 rings (SSSR count). The molecule has 0 fully saturated rings. The number of nitrogens with one attached hydrogen (secondary N) is 1. The lowest BCUT2D eigenvalue weighted by molar-refractivity contribution is -0.109. The molecule has 0 saturated carbocycles. The highest BCUT2D eigenvalue weighted by atomic mass is 35.5. The molecule has 0 aliphatic carbocycles. The third-order valence-electron chi connectivity index (χ3n) is 4.06. The van der Waals surface area contributed by atoms with Crippen LogP contribution in [-0.4, -0.2) is 24.5 Å². The number of methoxy groups -OCH3 is 1. The number of hydrogen-bond donors (Lipinski definition) is 1. The summed E-state index contributed by atoms with van der Waals surface area (Å²) in [4.78, 5) is 21.5. The number of rotatable bonds is 5. The number of benzene rings is 2. The minimum atomic E-state index is 0.389. The lowest BCUT2D eigenvalue weighted by Gasteiger charge is -2.02. The molecule has 0 saturated heterocycles. The van der Waals surface area contributed by atoms with Crippen molar-refractivity contribution in [2.24, 2.45) is 0 Å². The Morgan fingerprint density at radius 3 is 2.35 bits per heavy atom. The quantitative estimate of drug-likeness (QED) is 0.691. The van der Waals surface area contributed by atoms with Crippen LogP contribution < -0.4 is 10.1 Å². The Balaban J connectivity index is 0.000000254. The molecular formula is C20H21ClN2O3. The maximum atomic E-state index is 11.1. The summed E-state index contributed by atoms with van der Waals surface area (Å²) in [5.74, 6) is 0.720. The van der Waals surface area contributed by atoms with E-state index in [-0.39, 0.29) is 0 Å². The molecule has 0 aliphatic heterocycles. The van der Waals surface area contributed by atoms with Crippen LogP contribution in [-0.2, 0) is 16.1 Å². The predicted octanol–water partition coefficient (Wildman–Crippen LogP) is 3.89. The number of aromatic nitrogens is 1. The van der Waals surface area contributed by atoms with Gasteiger partial charge in [0.25, 0.3) is 0 Å². The molecule has 5 nitrogen and oxygen atoms in total. The van der Waals surface area contributed by atoms with Gasteiger partial charge in [0.05, 0.1) is 12.6 Å². The van der Waals surface area contributed by atoms with E-state index in [1.54, 1.807) is 17.7 Å². The maximum absolute atomic E-state index is 11.1. The largest absolute Gasteiger partial charge is 0.497 e. The van der Waals surface area contributed by atoms with Crippen LogP contribution >= 0.6 is 11.6 Å². The molecule has 1 amide bonds. The normalized spacial score (nSPS) is 10.0. The van der Waals surface area contributed by atoms with E-state index in [9.17, 15) is 9.59 Å². The van der Waals surface area contributed by atoms with Crippen LogP contribution in [0.25, 0.3) is 10.9 Å². The second kappa shape index (κ2) is 9.06. The van der Waals surface area contributed by atoms with Crippen molar-refractivity contribution in [1.82, 2.24) is 9.88 Å². The highest BCUT2D eigenvalue weighted by molar-refractivity contribution is 6.30. The van der Waals surface area contributed by atoms with Gasteiger partial charge in [-0.15, -0.1) is 0 Å². The fourth-order valence-corrected chi connectivity index (χ4v) is 2.78. The van der Waals surface area contributed by atoms with Crippen molar-refractivity contribution in [3.05, 3.63) is 64.3 Å². The standard InChI is InChI=1S/C13H14N2O3.C7H7Cl/c1-9-12(6-14-7-16)11-5-10(18-2)3-4-13(11)15(9)8-17;1-6-2-4-7(8)5-3-6/h3-5,7-8H,6H2,1-2H3,(H,14,16);2-5H,1H3. The molecule has 136 valence electrons. The van der Waals surface area contributed by atoms with Crippen LogP contribution in [0.15, 0.2) is 42.5 Å². The lowest BCUT2D eigenvalue weighted by atomic mass is 10.1. The summed E-state index contributed by atoms with van der Waals surface area (Å²) in [6, 6.07) is 13.3. The molecule has 3 aromatic rings. The highest BCUT2D eigenvalue weighted by Gasteiger charge is 2.13. The first-order chi connectivity index (χ1) is 12.5. The van der Waals surface area contributed by atoms with Gasteiger partial charge in [-0.2, -0.15) is 0 Å². The monoisotopic (exact) mass is 372 g/mol. The van der Waals surface area contributed by atoms with E-state index in [2.05, 4.69) is 5.32 Å². The number of carbonyl (C=O) groups excluding carboxylic acids is 2. The van der Waals surface area contributed by atoms with Gasteiger partial charge in [-0.1, -0.05) is 29.3 Å². The summed E-state index contributed by atoms with van der Waals surface area (Å²) >= 11 is 5.61. The Morgan fingerprint density at radius 2 is 1.81 bits per heavy atom. The summed E-state index contributed by atoms with van der Waals surface area (Å²) < 4.78 is 6.74. The maximum Gasteiger partial charge on any atom is 0.218 e. The summed E-state index contributed by atoms with van der Waals surface area (Å²) in [5.41, 5.74) is 3.80. The van der Waals surface area contributed by atoms with E-state index in [0.29, 0.717) is 13.0 Å². The number of aryl methyl sites for hydroxylation is 1. The van der Waals surface area contributed by atoms with Gasteiger partial charge >= 0.3 is 0 Å². The topological polar surface area (TPSA) is 60.3 Å². The minimum absolute atomic E-state index is 0.389. The molecule has 1 aromatic heterocycles. The molecule has 0 atom stereocenters. The minimum Gasteiger partial charge on any atom is -0.497 e. The van der Waals surface area contributed by atoms with Crippen molar-refractivity contribution < 1.29 is 14.3 Å². The van der Waals surface area contributed by atoms with Crippen LogP contribution in [0, 0.1) is 13.8 Å². The summed E-state index contributed by atoms with van der Waals surface area (Å²) in [6.45, 7) is 4.28. The number of ether oxygens (including phenoxy) is 1. The summed E-state index contributed by atoms with van der Waals surface area (Å²) in [6.07, 6.45) is 1.41. The molecule has 0 spiro atoms. The smallest absolute Gasteiger partial charge is 0.218 e. The molecule has 2 aromatic carbocycles. The Kier molecular flexibility index (Phi) is 6.81. The third kappa shape index (κ3) is 4.43. The molecule has 26 heavy (non-hydrogen) atoms. The fraction of sp³-hybridized carbons (Fsp3) is 0.200. The van der Waals surface area contributed by atoms with Crippen LogP contribution in [0.4, 0.5) is 0 Å². The van der Waals surface area contributed by atoms with Crippen molar-refractivity contribution >= 4 is 35.3 Å².